The molecule has 1 aliphatic rings. The fourth-order valence-electron chi connectivity index (χ4n) is 3.61. The summed E-state index contributed by atoms with van der Waals surface area (Å²) in [6.45, 7) is 3.04. The second-order valence-electron chi connectivity index (χ2n) is 6.93. The Morgan fingerprint density at radius 3 is 2.48 bits per heavy atom. The van der Waals surface area contributed by atoms with Gasteiger partial charge < -0.3 is 4.90 Å². The van der Waals surface area contributed by atoms with Crippen molar-refractivity contribution in [2.24, 2.45) is 5.92 Å². The first kappa shape index (κ1) is 17.8. The smallest absolute Gasteiger partial charge is 0.166 e. The van der Waals surface area contributed by atoms with Crippen LogP contribution in [0, 0.1) is 11.7 Å². The minimum absolute atomic E-state index is 0.0439. The summed E-state index contributed by atoms with van der Waals surface area (Å²) >= 11 is 0. The first-order valence-electron chi connectivity index (χ1n) is 9.28. The number of hydrogen-bond acceptors (Lipinski definition) is 2. The summed E-state index contributed by atoms with van der Waals surface area (Å²) in [6, 6.07) is 16.7. The zero-order valence-electron chi connectivity index (χ0n) is 14.7. The average molecular weight is 339 g/mol. The molecule has 2 nitrogen and oxygen atoms in total. The van der Waals surface area contributed by atoms with E-state index in [0.29, 0.717) is 5.56 Å². The molecule has 0 radical (unpaired) electrons. The van der Waals surface area contributed by atoms with E-state index in [1.165, 1.54) is 30.5 Å². The zero-order chi connectivity index (χ0) is 17.5. The summed E-state index contributed by atoms with van der Waals surface area (Å²) in [6.07, 6.45) is 5.29. The lowest BCUT2D eigenvalue weighted by Crippen LogP contribution is -2.37. The van der Waals surface area contributed by atoms with Crippen molar-refractivity contribution in [1.82, 2.24) is 4.90 Å². The van der Waals surface area contributed by atoms with Gasteiger partial charge in [-0.15, -0.1) is 0 Å². The van der Waals surface area contributed by atoms with Crippen molar-refractivity contribution in [2.45, 2.75) is 32.1 Å². The third kappa shape index (κ3) is 5.23. The topological polar surface area (TPSA) is 20.3 Å². The van der Waals surface area contributed by atoms with Gasteiger partial charge in [0, 0.05) is 11.5 Å². The van der Waals surface area contributed by atoms with Crippen LogP contribution in [-0.2, 0) is 6.42 Å². The summed E-state index contributed by atoms with van der Waals surface area (Å²) in [5, 5.41) is 0. The lowest BCUT2D eigenvalue weighted by Gasteiger charge is -2.31. The molecule has 0 saturated carbocycles. The van der Waals surface area contributed by atoms with Gasteiger partial charge in [-0.05, 0) is 69.4 Å². The Morgan fingerprint density at radius 2 is 1.76 bits per heavy atom. The van der Waals surface area contributed by atoms with Crippen LogP contribution in [0.2, 0.25) is 0 Å². The number of carbonyl (C=O) groups excluding carboxylic acids is 1. The van der Waals surface area contributed by atoms with Gasteiger partial charge in [0.2, 0.25) is 0 Å². The molecule has 132 valence electrons. The minimum Gasteiger partial charge on any atom is -0.303 e. The molecule has 0 spiro atoms. The molecule has 0 aliphatic carbocycles. The quantitative estimate of drug-likeness (QED) is 0.536. The predicted octanol–water partition coefficient (Wildman–Crippen LogP) is 4.74. The second-order valence-corrected chi connectivity index (χ2v) is 6.93. The highest BCUT2D eigenvalue weighted by atomic mass is 19.1. The van der Waals surface area contributed by atoms with Crippen LogP contribution in [0.4, 0.5) is 4.39 Å². The Labute approximate surface area is 149 Å². The maximum Gasteiger partial charge on any atom is 0.166 e. The van der Waals surface area contributed by atoms with Crippen LogP contribution in [-0.4, -0.2) is 30.3 Å². The molecule has 1 heterocycles. The number of unbranched alkanes of at least 4 members (excludes halogenated alkanes) is 1. The average Bonchev–Trinajstić information content (AvgIpc) is 2.66. The molecule has 2 aromatic carbocycles. The van der Waals surface area contributed by atoms with Crippen molar-refractivity contribution in [3.8, 4) is 0 Å². The molecule has 2 aromatic rings. The standard InChI is InChI=1S/C22H26FNO/c23-21-11-6-10-20(17-21)22(25)19-12-15-24(16-13-19)14-5-4-9-18-7-2-1-3-8-18/h1-3,6-8,10-11,17,19H,4-5,9,12-16H2. The Morgan fingerprint density at radius 1 is 1.00 bits per heavy atom. The number of carbonyl (C=O) groups is 1. The van der Waals surface area contributed by atoms with Crippen LogP contribution in [0.3, 0.4) is 0 Å². The third-order valence-electron chi connectivity index (χ3n) is 5.10. The van der Waals surface area contributed by atoms with Gasteiger partial charge in [-0.25, -0.2) is 4.39 Å². The molecule has 0 atom stereocenters. The Bertz CT molecular complexity index is 677. The minimum atomic E-state index is -0.332. The predicted molar refractivity (Wildman–Crippen MR) is 99.3 cm³/mol. The highest BCUT2D eigenvalue weighted by Crippen LogP contribution is 2.22. The largest absolute Gasteiger partial charge is 0.303 e. The van der Waals surface area contributed by atoms with E-state index in [4.69, 9.17) is 0 Å². The van der Waals surface area contributed by atoms with Crippen LogP contribution < -0.4 is 0 Å². The highest BCUT2D eigenvalue weighted by molar-refractivity contribution is 5.97. The van der Waals surface area contributed by atoms with E-state index < -0.39 is 0 Å². The van der Waals surface area contributed by atoms with E-state index in [-0.39, 0.29) is 17.5 Å². The summed E-state index contributed by atoms with van der Waals surface area (Å²) in [5.74, 6) is -0.188. The molecular weight excluding hydrogens is 313 g/mol. The van der Waals surface area contributed by atoms with E-state index in [0.717, 1.165) is 38.9 Å². The molecule has 3 rings (SSSR count). The fraction of sp³-hybridized carbons (Fsp3) is 0.409. The van der Waals surface area contributed by atoms with Crippen LogP contribution in [0.15, 0.2) is 54.6 Å². The Hall–Kier alpha value is -2.00. The molecule has 0 aromatic heterocycles. The normalized spacial score (nSPS) is 16.0. The Kier molecular flexibility index (Phi) is 6.35. The van der Waals surface area contributed by atoms with E-state index in [1.807, 2.05) is 0 Å². The Balaban J connectivity index is 1.38. The molecule has 1 fully saturated rings. The maximum absolute atomic E-state index is 13.3. The molecule has 25 heavy (non-hydrogen) atoms. The van der Waals surface area contributed by atoms with Crippen molar-refractivity contribution in [3.63, 3.8) is 0 Å². The van der Waals surface area contributed by atoms with Crippen molar-refractivity contribution >= 4 is 5.78 Å². The molecule has 0 unspecified atom stereocenters. The number of rotatable bonds is 7. The molecular formula is C22H26FNO. The number of piperidine rings is 1. The number of ketones is 1. The van der Waals surface area contributed by atoms with E-state index in [9.17, 15) is 9.18 Å². The monoisotopic (exact) mass is 339 g/mol. The van der Waals surface area contributed by atoms with E-state index >= 15 is 0 Å². The fourth-order valence-corrected chi connectivity index (χ4v) is 3.61. The number of likely N-dealkylation sites (tertiary alicyclic amines) is 1. The van der Waals surface area contributed by atoms with Gasteiger partial charge in [0.1, 0.15) is 5.82 Å². The molecule has 0 bridgehead atoms. The first-order chi connectivity index (χ1) is 12.2. The van der Waals surface area contributed by atoms with Crippen molar-refractivity contribution in [1.29, 1.82) is 0 Å². The molecule has 1 aliphatic heterocycles. The number of Topliss-reactive ketones (excluding diaryl/α,β-unsaturated/α-hetero) is 1. The molecule has 1 saturated heterocycles. The highest BCUT2D eigenvalue weighted by Gasteiger charge is 2.25. The van der Waals surface area contributed by atoms with Crippen LogP contribution in [0.25, 0.3) is 0 Å². The van der Waals surface area contributed by atoms with Crippen molar-refractivity contribution < 1.29 is 9.18 Å². The zero-order valence-corrected chi connectivity index (χ0v) is 14.7. The summed E-state index contributed by atoms with van der Waals surface area (Å²) in [4.78, 5) is 14.9. The van der Waals surface area contributed by atoms with Gasteiger partial charge in [0.05, 0.1) is 0 Å². The third-order valence-corrected chi connectivity index (χ3v) is 5.10. The maximum atomic E-state index is 13.3. The number of nitrogens with zero attached hydrogens (tertiary/aromatic N) is 1. The number of benzene rings is 2. The summed E-state index contributed by atoms with van der Waals surface area (Å²) in [5.41, 5.74) is 1.92. The van der Waals surface area contributed by atoms with Crippen LogP contribution >= 0.6 is 0 Å². The lowest BCUT2D eigenvalue weighted by molar-refractivity contribution is 0.0838. The van der Waals surface area contributed by atoms with E-state index in [2.05, 4.69) is 35.2 Å². The molecule has 3 heteroatoms. The van der Waals surface area contributed by atoms with Crippen LogP contribution in [0.1, 0.15) is 41.6 Å². The van der Waals surface area contributed by atoms with Gasteiger partial charge in [-0.1, -0.05) is 42.5 Å². The van der Waals surface area contributed by atoms with Gasteiger partial charge >= 0.3 is 0 Å². The van der Waals surface area contributed by atoms with Crippen molar-refractivity contribution in [2.75, 3.05) is 19.6 Å². The van der Waals surface area contributed by atoms with Gasteiger partial charge in [0.25, 0.3) is 0 Å². The van der Waals surface area contributed by atoms with Crippen LogP contribution in [0.5, 0.6) is 0 Å². The number of aryl methyl sites for hydroxylation is 1. The number of hydrogen-bond donors (Lipinski definition) is 0. The summed E-state index contributed by atoms with van der Waals surface area (Å²) in [7, 11) is 0. The number of halogens is 1. The van der Waals surface area contributed by atoms with Gasteiger partial charge in [-0.2, -0.15) is 0 Å². The first-order valence-corrected chi connectivity index (χ1v) is 9.28. The van der Waals surface area contributed by atoms with Gasteiger partial charge in [-0.3, -0.25) is 4.79 Å². The second kappa shape index (κ2) is 8.91. The van der Waals surface area contributed by atoms with Crippen molar-refractivity contribution in [3.05, 3.63) is 71.5 Å². The summed E-state index contributed by atoms with van der Waals surface area (Å²) < 4.78 is 13.3. The molecule has 0 amide bonds. The van der Waals surface area contributed by atoms with E-state index in [1.54, 1.807) is 12.1 Å². The van der Waals surface area contributed by atoms with Gasteiger partial charge in [0.15, 0.2) is 5.78 Å². The molecule has 0 N–H and O–H groups in total. The SMILES string of the molecule is O=C(c1cccc(F)c1)C1CCN(CCCCc2ccccc2)CC1. The lowest BCUT2D eigenvalue weighted by atomic mass is 9.89.